The van der Waals surface area contributed by atoms with Gasteiger partial charge in [0.15, 0.2) is 0 Å². The highest BCUT2D eigenvalue weighted by Crippen LogP contribution is 2.28. The minimum absolute atomic E-state index is 0.0362. The monoisotopic (exact) mass is 437 g/mol. The fourth-order valence-corrected chi connectivity index (χ4v) is 3.41. The van der Waals surface area contributed by atoms with Crippen LogP contribution in [-0.4, -0.2) is 21.5 Å². The van der Waals surface area contributed by atoms with Crippen LogP contribution in [0.2, 0.25) is 10.0 Å². The van der Waals surface area contributed by atoms with E-state index < -0.39 is 16.0 Å². The lowest BCUT2D eigenvalue weighted by Crippen LogP contribution is -2.14. The van der Waals surface area contributed by atoms with Gasteiger partial charge in [-0.2, -0.15) is 0 Å². The molecule has 0 radical (unpaired) electrons. The van der Waals surface area contributed by atoms with Gasteiger partial charge in [-0.15, -0.1) is 0 Å². The third-order valence-corrected chi connectivity index (χ3v) is 5.77. The first-order chi connectivity index (χ1) is 10.7. The smallest absolute Gasteiger partial charge is 0.339 e. The van der Waals surface area contributed by atoms with Crippen molar-refractivity contribution < 1.29 is 17.9 Å². The molecule has 0 saturated heterocycles. The van der Waals surface area contributed by atoms with Crippen LogP contribution in [0.5, 0.6) is 0 Å². The molecule has 2 aromatic carbocycles. The molecule has 0 atom stereocenters. The third-order valence-electron chi connectivity index (χ3n) is 2.83. The number of hydrogen-bond donors (Lipinski definition) is 1. The molecule has 0 aliphatic heterocycles. The van der Waals surface area contributed by atoms with E-state index in [0.717, 1.165) is 6.07 Å². The summed E-state index contributed by atoms with van der Waals surface area (Å²) in [4.78, 5) is 11.5. The Hall–Kier alpha value is -1.28. The maximum atomic E-state index is 12.4. The minimum Gasteiger partial charge on any atom is -0.465 e. The molecule has 2 rings (SSSR count). The molecule has 0 saturated carbocycles. The van der Waals surface area contributed by atoms with Crippen LogP contribution in [0.25, 0.3) is 0 Å². The van der Waals surface area contributed by atoms with Gasteiger partial charge < -0.3 is 4.74 Å². The van der Waals surface area contributed by atoms with Gasteiger partial charge in [0.05, 0.1) is 33.3 Å². The van der Waals surface area contributed by atoms with Crippen molar-refractivity contribution in [1.82, 2.24) is 0 Å². The second-order valence-electron chi connectivity index (χ2n) is 4.37. The number of carbonyl (C=O) groups excluding carboxylic acids is 1. The number of benzene rings is 2. The Morgan fingerprint density at radius 1 is 1.13 bits per heavy atom. The number of hydrogen-bond acceptors (Lipinski definition) is 4. The molecular weight excluding hydrogens is 429 g/mol. The van der Waals surface area contributed by atoms with Gasteiger partial charge in [0.2, 0.25) is 0 Å². The number of halogens is 3. The number of ether oxygens (including phenoxy) is 1. The lowest BCUT2D eigenvalue weighted by Gasteiger charge is -2.10. The highest BCUT2D eigenvalue weighted by molar-refractivity contribution is 9.10. The Bertz CT molecular complexity index is 871. The molecule has 0 heterocycles. The Morgan fingerprint density at radius 2 is 1.83 bits per heavy atom. The van der Waals surface area contributed by atoms with E-state index in [1.54, 1.807) is 12.1 Å². The summed E-state index contributed by atoms with van der Waals surface area (Å²) in [5, 5.41) is 0.457. The van der Waals surface area contributed by atoms with Gasteiger partial charge in [-0.05, 0) is 52.3 Å². The van der Waals surface area contributed by atoms with Crippen molar-refractivity contribution in [3.8, 4) is 0 Å². The molecule has 0 amide bonds. The number of esters is 1. The van der Waals surface area contributed by atoms with Crippen LogP contribution in [0.4, 0.5) is 5.69 Å². The zero-order chi connectivity index (χ0) is 17.2. The Morgan fingerprint density at radius 3 is 2.43 bits per heavy atom. The van der Waals surface area contributed by atoms with Crippen molar-refractivity contribution in [3.05, 3.63) is 56.5 Å². The lowest BCUT2D eigenvalue weighted by molar-refractivity contribution is 0.0600. The Balaban J connectivity index is 2.39. The number of sulfonamides is 1. The average Bonchev–Trinajstić information content (AvgIpc) is 2.50. The highest BCUT2D eigenvalue weighted by Gasteiger charge is 2.19. The minimum atomic E-state index is -3.91. The standard InChI is InChI=1S/C14H10BrCl2NO4S/c1-22-14(19)10-7-9(3-5-12(10)16)23(20,21)18-8-2-4-11(15)13(17)6-8/h2-7,18H,1H3. The van der Waals surface area contributed by atoms with Crippen molar-refractivity contribution in [2.45, 2.75) is 4.90 Å². The molecule has 0 aliphatic rings. The van der Waals surface area contributed by atoms with Gasteiger partial charge in [-0.1, -0.05) is 23.2 Å². The van der Waals surface area contributed by atoms with Crippen LogP contribution in [0.15, 0.2) is 45.8 Å². The predicted molar refractivity (Wildman–Crippen MR) is 92.8 cm³/mol. The van der Waals surface area contributed by atoms with Gasteiger partial charge in [0.1, 0.15) is 0 Å². The molecule has 0 unspecified atom stereocenters. The summed E-state index contributed by atoms with van der Waals surface area (Å²) in [6.45, 7) is 0. The van der Waals surface area contributed by atoms with E-state index in [1.807, 2.05) is 0 Å². The van der Waals surface area contributed by atoms with Crippen LogP contribution in [0.1, 0.15) is 10.4 Å². The Labute approximate surface area is 151 Å². The first-order valence-electron chi connectivity index (χ1n) is 6.10. The molecule has 0 aliphatic carbocycles. The maximum Gasteiger partial charge on any atom is 0.339 e. The van der Waals surface area contributed by atoms with E-state index in [0.29, 0.717) is 9.50 Å². The summed E-state index contributed by atoms with van der Waals surface area (Å²) in [6.07, 6.45) is 0. The van der Waals surface area contributed by atoms with Crippen LogP contribution in [0.3, 0.4) is 0 Å². The molecule has 5 nitrogen and oxygen atoms in total. The number of carbonyl (C=O) groups is 1. The van der Waals surface area contributed by atoms with Crippen LogP contribution in [-0.2, 0) is 14.8 Å². The fourth-order valence-electron chi connectivity index (χ4n) is 1.71. The summed E-state index contributed by atoms with van der Waals surface area (Å²) in [5.41, 5.74) is 0.249. The first-order valence-corrected chi connectivity index (χ1v) is 9.13. The van der Waals surface area contributed by atoms with Crippen LogP contribution < -0.4 is 4.72 Å². The average molecular weight is 439 g/mol. The van der Waals surface area contributed by atoms with Crippen molar-refractivity contribution in [2.75, 3.05) is 11.8 Å². The molecule has 0 aromatic heterocycles. The summed E-state index contributed by atoms with van der Waals surface area (Å²) >= 11 is 15.0. The maximum absolute atomic E-state index is 12.4. The normalized spacial score (nSPS) is 11.1. The molecular formula is C14H10BrCl2NO4S. The van der Waals surface area contributed by atoms with Gasteiger partial charge in [-0.3, -0.25) is 4.72 Å². The summed E-state index contributed by atoms with van der Waals surface area (Å²) < 4.78 is 32.4. The van der Waals surface area contributed by atoms with Gasteiger partial charge in [0, 0.05) is 4.47 Å². The number of methoxy groups -OCH3 is 1. The van der Waals surface area contributed by atoms with E-state index in [4.69, 9.17) is 23.2 Å². The van der Waals surface area contributed by atoms with Gasteiger partial charge in [0.25, 0.3) is 10.0 Å². The number of rotatable bonds is 4. The van der Waals surface area contributed by atoms with E-state index >= 15 is 0 Å². The molecule has 9 heteroatoms. The van der Waals surface area contributed by atoms with Crippen molar-refractivity contribution in [3.63, 3.8) is 0 Å². The summed E-state index contributed by atoms with van der Waals surface area (Å²) in [5.74, 6) is -0.723. The van der Waals surface area contributed by atoms with E-state index in [1.165, 1.54) is 25.3 Å². The largest absolute Gasteiger partial charge is 0.465 e. The molecule has 2 aromatic rings. The molecule has 0 fully saturated rings. The molecule has 122 valence electrons. The highest BCUT2D eigenvalue weighted by atomic mass is 79.9. The molecule has 1 N–H and O–H groups in total. The lowest BCUT2D eigenvalue weighted by atomic mass is 10.2. The van der Waals surface area contributed by atoms with Crippen molar-refractivity contribution in [2.24, 2.45) is 0 Å². The zero-order valence-corrected chi connectivity index (χ0v) is 15.6. The second kappa shape index (κ2) is 7.09. The predicted octanol–water partition coefficient (Wildman–Crippen LogP) is 4.34. The topological polar surface area (TPSA) is 72.5 Å². The fraction of sp³-hybridized carbons (Fsp3) is 0.0714. The van der Waals surface area contributed by atoms with E-state index in [2.05, 4.69) is 25.4 Å². The van der Waals surface area contributed by atoms with Crippen molar-refractivity contribution in [1.29, 1.82) is 0 Å². The van der Waals surface area contributed by atoms with Crippen LogP contribution >= 0.6 is 39.1 Å². The second-order valence-corrected chi connectivity index (χ2v) is 7.72. The van der Waals surface area contributed by atoms with E-state index in [9.17, 15) is 13.2 Å². The zero-order valence-electron chi connectivity index (χ0n) is 11.6. The summed E-state index contributed by atoms with van der Waals surface area (Å²) in [7, 11) is -2.73. The van der Waals surface area contributed by atoms with E-state index in [-0.39, 0.29) is 21.2 Å². The Kier molecular flexibility index (Phi) is 5.57. The molecule has 23 heavy (non-hydrogen) atoms. The van der Waals surface area contributed by atoms with Crippen LogP contribution in [0, 0.1) is 0 Å². The van der Waals surface area contributed by atoms with Gasteiger partial charge >= 0.3 is 5.97 Å². The molecule has 0 bridgehead atoms. The summed E-state index contributed by atoms with van der Waals surface area (Å²) in [6, 6.07) is 8.37. The number of anilines is 1. The number of nitrogens with one attached hydrogen (secondary N) is 1. The SMILES string of the molecule is COC(=O)c1cc(S(=O)(=O)Nc2ccc(Br)c(Cl)c2)ccc1Cl. The quantitative estimate of drug-likeness (QED) is 0.720. The third kappa shape index (κ3) is 4.17. The van der Waals surface area contributed by atoms with Gasteiger partial charge in [-0.25, -0.2) is 13.2 Å². The first kappa shape index (κ1) is 18.1. The van der Waals surface area contributed by atoms with Crippen molar-refractivity contribution >= 4 is 60.8 Å². The molecule has 0 spiro atoms.